The van der Waals surface area contributed by atoms with Gasteiger partial charge < -0.3 is 5.32 Å². The van der Waals surface area contributed by atoms with Crippen LogP contribution in [0.4, 0.5) is 11.8 Å². The third kappa shape index (κ3) is 2.40. The molecule has 0 aromatic carbocycles. The topological polar surface area (TPSA) is 102 Å². The van der Waals surface area contributed by atoms with E-state index in [1.165, 1.54) is 23.3 Å². The Kier molecular flexibility index (Phi) is 3.15. The van der Waals surface area contributed by atoms with Gasteiger partial charge in [0.25, 0.3) is 10.0 Å². The largest absolute Gasteiger partial charge is 0.357 e. The van der Waals surface area contributed by atoms with E-state index < -0.39 is 10.0 Å². The Morgan fingerprint density at radius 1 is 1.28 bits per heavy atom. The highest BCUT2D eigenvalue weighted by molar-refractivity contribution is 7.92. The summed E-state index contributed by atoms with van der Waals surface area (Å²) in [6.07, 6.45) is 3.97. The van der Waals surface area contributed by atoms with Crippen LogP contribution in [-0.2, 0) is 17.1 Å². The zero-order valence-electron chi connectivity index (χ0n) is 9.82. The van der Waals surface area contributed by atoms with Crippen molar-refractivity contribution in [3.8, 4) is 0 Å². The summed E-state index contributed by atoms with van der Waals surface area (Å²) in [5.41, 5.74) is 0. The van der Waals surface area contributed by atoms with E-state index in [4.69, 9.17) is 0 Å². The highest BCUT2D eigenvalue weighted by atomic mass is 32.2. The number of rotatable bonds is 4. The van der Waals surface area contributed by atoms with E-state index in [0.717, 1.165) is 0 Å². The molecular formula is C9H12N6O2S. The number of hydrogen-bond acceptors (Lipinski definition) is 6. The summed E-state index contributed by atoms with van der Waals surface area (Å²) >= 11 is 0. The van der Waals surface area contributed by atoms with Crippen LogP contribution in [0.15, 0.2) is 29.6 Å². The second-order valence-electron chi connectivity index (χ2n) is 3.44. The molecule has 0 aliphatic heterocycles. The second-order valence-corrected chi connectivity index (χ2v) is 5.12. The Hall–Kier alpha value is -2.16. The maximum absolute atomic E-state index is 12.0. The van der Waals surface area contributed by atoms with E-state index in [-0.39, 0.29) is 4.90 Å². The molecule has 18 heavy (non-hydrogen) atoms. The summed E-state index contributed by atoms with van der Waals surface area (Å²) in [7, 11) is -0.407. The molecule has 0 fully saturated rings. The Morgan fingerprint density at radius 2 is 1.94 bits per heavy atom. The van der Waals surface area contributed by atoms with Crippen LogP contribution in [0.1, 0.15) is 0 Å². The van der Waals surface area contributed by atoms with Crippen molar-refractivity contribution in [3.63, 3.8) is 0 Å². The highest BCUT2D eigenvalue weighted by Gasteiger charge is 2.16. The van der Waals surface area contributed by atoms with Gasteiger partial charge in [-0.25, -0.2) is 18.4 Å². The number of anilines is 2. The van der Waals surface area contributed by atoms with Crippen molar-refractivity contribution in [2.24, 2.45) is 7.05 Å². The van der Waals surface area contributed by atoms with Crippen LogP contribution >= 0.6 is 0 Å². The molecule has 2 rings (SSSR count). The fraction of sp³-hybridized carbons (Fsp3) is 0.222. The van der Waals surface area contributed by atoms with Crippen molar-refractivity contribution in [1.82, 2.24) is 19.7 Å². The molecule has 0 amide bonds. The van der Waals surface area contributed by atoms with Gasteiger partial charge in [0.1, 0.15) is 10.7 Å². The molecule has 2 aromatic rings. The van der Waals surface area contributed by atoms with E-state index in [2.05, 4.69) is 25.1 Å². The molecule has 96 valence electrons. The minimum atomic E-state index is -3.69. The number of hydrogen-bond donors (Lipinski definition) is 2. The average Bonchev–Trinajstić information content (AvgIpc) is 2.74. The maximum atomic E-state index is 12.0. The summed E-state index contributed by atoms with van der Waals surface area (Å²) in [6, 6.07) is 1.56. The molecule has 0 aliphatic rings. The Bertz CT molecular complexity index is 633. The minimum Gasteiger partial charge on any atom is -0.357 e. The van der Waals surface area contributed by atoms with Gasteiger partial charge in [0.2, 0.25) is 5.95 Å². The van der Waals surface area contributed by atoms with Gasteiger partial charge in [0.15, 0.2) is 0 Å². The van der Waals surface area contributed by atoms with Crippen LogP contribution in [0, 0.1) is 0 Å². The van der Waals surface area contributed by atoms with Crippen molar-refractivity contribution in [1.29, 1.82) is 0 Å². The van der Waals surface area contributed by atoms with Crippen molar-refractivity contribution in [3.05, 3.63) is 24.7 Å². The van der Waals surface area contributed by atoms with E-state index in [1.54, 1.807) is 20.2 Å². The number of aryl methyl sites for hydroxylation is 1. The number of nitrogens with zero attached hydrogens (tertiary/aromatic N) is 4. The molecular weight excluding hydrogens is 256 g/mol. The fourth-order valence-corrected chi connectivity index (χ4v) is 2.23. The fourth-order valence-electron chi connectivity index (χ4n) is 1.25. The first-order valence-electron chi connectivity index (χ1n) is 5.03. The van der Waals surface area contributed by atoms with Crippen LogP contribution in [0.2, 0.25) is 0 Å². The lowest BCUT2D eigenvalue weighted by molar-refractivity contribution is 0.599. The monoisotopic (exact) mass is 268 g/mol. The van der Waals surface area contributed by atoms with Gasteiger partial charge in [-0.3, -0.25) is 9.40 Å². The molecule has 2 N–H and O–H groups in total. The van der Waals surface area contributed by atoms with Crippen LogP contribution in [0.3, 0.4) is 0 Å². The molecule has 8 nitrogen and oxygen atoms in total. The molecule has 9 heteroatoms. The summed E-state index contributed by atoms with van der Waals surface area (Å²) in [6.45, 7) is 0. The summed E-state index contributed by atoms with van der Waals surface area (Å²) in [4.78, 5) is 7.69. The maximum Gasteiger partial charge on any atom is 0.266 e. The predicted molar refractivity (Wildman–Crippen MR) is 65.6 cm³/mol. The average molecular weight is 268 g/mol. The van der Waals surface area contributed by atoms with Gasteiger partial charge in [-0.2, -0.15) is 5.10 Å². The van der Waals surface area contributed by atoms with E-state index in [0.29, 0.717) is 11.8 Å². The van der Waals surface area contributed by atoms with Crippen LogP contribution in [-0.4, -0.2) is 35.2 Å². The van der Waals surface area contributed by atoms with Gasteiger partial charge in [0, 0.05) is 20.2 Å². The zero-order valence-corrected chi connectivity index (χ0v) is 10.6. The molecule has 2 aromatic heterocycles. The quantitative estimate of drug-likeness (QED) is 0.812. The SMILES string of the molecule is CNc1ncc(S(=O)(=O)Nc2ccnn2C)cn1. The molecule has 0 unspecified atom stereocenters. The molecule has 0 atom stereocenters. The molecule has 0 radical (unpaired) electrons. The molecule has 0 saturated heterocycles. The van der Waals surface area contributed by atoms with Gasteiger partial charge in [0.05, 0.1) is 18.6 Å². The Morgan fingerprint density at radius 3 is 2.44 bits per heavy atom. The molecule has 0 bridgehead atoms. The van der Waals surface area contributed by atoms with Crippen molar-refractivity contribution < 1.29 is 8.42 Å². The third-order valence-corrected chi connectivity index (χ3v) is 3.53. The first-order chi connectivity index (χ1) is 8.53. The van der Waals surface area contributed by atoms with Crippen LogP contribution < -0.4 is 10.0 Å². The van der Waals surface area contributed by atoms with Gasteiger partial charge >= 0.3 is 0 Å². The Balaban J connectivity index is 2.28. The van der Waals surface area contributed by atoms with Crippen molar-refractivity contribution >= 4 is 21.8 Å². The second kappa shape index (κ2) is 4.61. The molecule has 0 saturated carbocycles. The predicted octanol–water partition coefficient (Wildman–Crippen LogP) is 0.0526. The van der Waals surface area contributed by atoms with Gasteiger partial charge in [-0.1, -0.05) is 0 Å². The zero-order chi connectivity index (χ0) is 13.2. The minimum absolute atomic E-state index is 0.0114. The Labute approximate surface area is 104 Å². The summed E-state index contributed by atoms with van der Waals surface area (Å²) in [5, 5.41) is 6.58. The van der Waals surface area contributed by atoms with Gasteiger partial charge in [-0.15, -0.1) is 0 Å². The lowest BCUT2D eigenvalue weighted by Gasteiger charge is -2.07. The lowest BCUT2D eigenvalue weighted by atomic mass is 10.7. The third-order valence-electron chi connectivity index (χ3n) is 2.22. The van der Waals surface area contributed by atoms with Crippen LogP contribution in [0.5, 0.6) is 0 Å². The van der Waals surface area contributed by atoms with E-state index in [9.17, 15) is 8.42 Å². The van der Waals surface area contributed by atoms with Gasteiger partial charge in [-0.05, 0) is 0 Å². The summed E-state index contributed by atoms with van der Waals surface area (Å²) < 4.78 is 27.8. The highest BCUT2D eigenvalue weighted by Crippen LogP contribution is 2.13. The lowest BCUT2D eigenvalue weighted by Crippen LogP contribution is -2.16. The number of aromatic nitrogens is 4. The van der Waals surface area contributed by atoms with Crippen molar-refractivity contribution in [2.75, 3.05) is 17.1 Å². The standard InChI is InChI=1S/C9H12N6O2S/c1-10-9-11-5-7(6-12-9)18(16,17)14-8-3-4-13-15(8)2/h3-6,14H,1-2H3,(H,10,11,12). The van der Waals surface area contributed by atoms with Crippen LogP contribution in [0.25, 0.3) is 0 Å². The number of sulfonamides is 1. The normalized spacial score (nSPS) is 11.2. The van der Waals surface area contributed by atoms with E-state index in [1.807, 2.05) is 0 Å². The first kappa shape index (κ1) is 12.3. The first-order valence-corrected chi connectivity index (χ1v) is 6.52. The summed E-state index contributed by atoms with van der Waals surface area (Å²) in [5.74, 6) is 0.724. The molecule has 0 aliphatic carbocycles. The number of nitrogens with one attached hydrogen (secondary N) is 2. The van der Waals surface area contributed by atoms with E-state index >= 15 is 0 Å². The smallest absolute Gasteiger partial charge is 0.266 e. The molecule has 2 heterocycles. The molecule has 0 spiro atoms. The van der Waals surface area contributed by atoms with Crippen molar-refractivity contribution in [2.45, 2.75) is 4.90 Å².